The van der Waals surface area contributed by atoms with Gasteiger partial charge in [-0.1, -0.05) is 58.9 Å². The Hall–Kier alpha value is -0.860. The van der Waals surface area contributed by atoms with Crippen LogP contribution >= 0.6 is 0 Å². The largest absolute Gasteiger partial charge is 0.314 e. The van der Waals surface area contributed by atoms with Crippen molar-refractivity contribution in [2.24, 2.45) is 5.41 Å². The van der Waals surface area contributed by atoms with E-state index in [9.17, 15) is 0 Å². The molecule has 0 aliphatic heterocycles. The van der Waals surface area contributed by atoms with Crippen LogP contribution in [0.2, 0.25) is 0 Å². The quantitative estimate of drug-likeness (QED) is 0.817. The fourth-order valence-electron chi connectivity index (χ4n) is 2.61. The smallest absolute Gasteiger partial charge is 0.0233 e. The van der Waals surface area contributed by atoms with Crippen molar-refractivity contribution in [1.82, 2.24) is 10.2 Å². The second kappa shape index (κ2) is 7.80. The van der Waals surface area contributed by atoms with Gasteiger partial charge in [0.05, 0.1) is 0 Å². The molecule has 0 aromatic heterocycles. The van der Waals surface area contributed by atoms with Gasteiger partial charge in [0.15, 0.2) is 0 Å². The fourth-order valence-corrected chi connectivity index (χ4v) is 2.61. The zero-order valence-corrected chi connectivity index (χ0v) is 14.2. The van der Waals surface area contributed by atoms with Gasteiger partial charge in [0.25, 0.3) is 0 Å². The van der Waals surface area contributed by atoms with Crippen molar-refractivity contribution >= 4 is 0 Å². The highest BCUT2D eigenvalue weighted by Gasteiger charge is 2.14. The van der Waals surface area contributed by atoms with Gasteiger partial charge in [-0.3, -0.25) is 0 Å². The molecule has 0 radical (unpaired) electrons. The first-order valence-corrected chi connectivity index (χ1v) is 7.76. The van der Waals surface area contributed by atoms with E-state index in [2.05, 4.69) is 76.1 Å². The van der Waals surface area contributed by atoms with E-state index in [-0.39, 0.29) is 0 Å². The normalized spacial score (nSPS) is 12.4. The summed E-state index contributed by atoms with van der Waals surface area (Å²) in [6.07, 6.45) is 1.11. The van der Waals surface area contributed by atoms with Gasteiger partial charge >= 0.3 is 0 Å². The average molecular weight is 276 g/mol. The third-order valence-corrected chi connectivity index (χ3v) is 3.25. The molecule has 0 saturated heterocycles. The summed E-state index contributed by atoms with van der Waals surface area (Å²) >= 11 is 0. The van der Waals surface area contributed by atoms with Crippen molar-refractivity contribution in [2.45, 2.75) is 53.6 Å². The van der Waals surface area contributed by atoms with E-state index in [1.165, 1.54) is 11.1 Å². The molecule has 1 rings (SSSR count). The first-order chi connectivity index (χ1) is 9.28. The summed E-state index contributed by atoms with van der Waals surface area (Å²) in [5.41, 5.74) is 3.29. The summed E-state index contributed by atoms with van der Waals surface area (Å²) in [4.78, 5) is 2.43. The lowest BCUT2D eigenvalue weighted by Crippen LogP contribution is -2.29. The lowest BCUT2D eigenvalue weighted by Gasteiger charge is -2.27. The van der Waals surface area contributed by atoms with E-state index in [0.29, 0.717) is 11.5 Å². The molecular formula is C18H32N2. The van der Waals surface area contributed by atoms with Gasteiger partial charge in [-0.15, -0.1) is 0 Å². The van der Waals surface area contributed by atoms with E-state index >= 15 is 0 Å². The first-order valence-electron chi connectivity index (χ1n) is 7.76. The Morgan fingerprint density at radius 1 is 1.10 bits per heavy atom. The molecule has 0 saturated carbocycles. The van der Waals surface area contributed by atoms with Crippen LogP contribution in [0.5, 0.6) is 0 Å². The minimum absolute atomic E-state index is 0.350. The van der Waals surface area contributed by atoms with Crippen LogP contribution in [0.15, 0.2) is 24.3 Å². The van der Waals surface area contributed by atoms with Gasteiger partial charge in [0.2, 0.25) is 0 Å². The molecule has 0 bridgehead atoms. The number of nitrogens with one attached hydrogen (secondary N) is 1. The van der Waals surface area contributed by atoms with Gasteiger partial charge in [-0.05, 0) is 36.6 Å². The van der Waals surface area contributed by atoms with Crippen molar-refractivity contribution in [3.8, 4) is 0 Å². The van der Waals surface area contributed by atoms with E-state index in [4.69, 9.17) is 0 Å². The average Bonchev–Trinajstić information content (AvgIpc) is 2.28. The van der Waals surface area contributed by atoms with E-state index < -0.39 is 0 Å². The van der Waals surface area contributed by atoms with Crippen molar-refractivity contribution < 1.29 is 0 Å². The van der Waals surface area contributed by atoms with Crippen LogP contribution < -0.4 is 5.32 Å². The minimum Gasteiger partial charge on any atom is -0.314 e. The summed E-state index contributed by atoms with van der Waals surface area (Å²) in [6, 6.07) is 9.40. The molecule has 1 N–H and O–H groups in total. The third-order valence-electron chi connectivity index (χ3n) is 3.25. The van der Waals surface area contributed by atoms with Crippen LogP contribution in [0.25, 0.3) is 0 Å². The van der Waals surface area contributed by atoms with Crippen molar-refractivity contribution in [2.75, 3.05) is 20.1 Å². The first kappa shape index (κ1) is 17.2. The Balaban J connectivity index is 2.60. The maximum absolute atomic E-state index is 3.50. The van der Waals surface area contributed by atoms with Gasteiger partial charge < -0.3 is 10.2 Å². The Bertz CT molecular complexity index is 391. The van der Waals surface area contributed by atoms with Crippen LogP contribution in [-0.4, -0.2) is 31.1 Å². The summed E-state index contributed by atoms with van der Waals surface area (Å²) in [7, 11) is 2.22. The minimum atomic E-state index is 0.350. The second-order valence-corrected chi connectivity index (χ2v) is 7.36. The summed E-state index contributed by atoms with van der Waals surface area (Å²) < 4.78 is 0. The molecular weight excluding hydrogens is 244 g/mol. The van der Waals surface area contributed by atoms with E-state index in [1.807, 2.05) is 0 Å². The van der Waals surface area contributed by atoms with E-state index in [0.717, 1.165) is 26.1 Å². The van der Waals surface area contributed by atoms with Gasteiger partial charge in [0, 0.05) is 19.1 Å². The highest BCUT2D eigenvalue weighted by Crippen LogP contribution is 2.17. The molecule has 0 fully saturated rings. The predicted molar refractivity (Wildman–Crippen MR) is 89.1 cm³/mol. The van der Waals surface area contributed by atoms with Crippen LogP contribution in [0, 0.1) is 5.41 Å². The van der Waals surface area contributed by atoms with Crippen molar-refractivity contribution in [3.63, 3.8) is 0 Å². The molecule has 114 valence electrons. The Morgan fingerprint density at radius 2 is 1.70 bits per heavy atom. The van der Waals surface area contributed by atoms with Crippen LogP contribution in [-0.2, 0) is 13.0 Å². The lowest BCUT2D eigenvalue weighted by atomic mass is 9.95. The maximum Gasteiger partial charge on any atom is 0.0233 e. The SMILES string of the molecule is CC(C)NCCc1ccccc1CN(C)CC(C)(C)C. The molecule has 0 atom stereocenters. The van der Waals surface area contributed by atoms with Crippen LogP contribution in [0.3, 0.4) is 0 Å². The molecule has 0 unspecified atom stereocenters. The van der Waals surface area contributed by atoms with Crippen molar-refractivity contribution in [3.05, 3.63) is 35.4 Å². The van der Waals surface area contributed by atoms with Gasteiger partial charge in [-0.2, -0.15) is 0 Å². The highest BCUT2D eigenvalue weighted by atomic mass is 15.1. The highest BCUT2D eigenvalue weighted by molar-refractivity contribution is 5.27. The molecule has 0 aliphatic rings. The molecule has 0 amide bonds. The number of benzene rings is 1. The fraction of sp³-hybridized carbons (Fsp3) is 0.667. The molecule has 2 nitrogen and oxygen atoms in total. The molecule has 20 heavy (non-hydrogen) atoms. The predicted octanol–water partition coefficient (Wildman–Crippen LogP) is 3.71. The summed E-state index contributed by atoms with van der Waals surface area (Å²) in [6.45, 7) is 14.5. The molecule has 0 heterocycles. The zero-order chi connectivity index (χ0) is 15.2. The summed E-state index contributed by atoms with van der Waals surface area (Å²) in [5.74, 6) is 0. The van der Waals surface area contributed by atoms with Crippen LogP contribution in [0.4, 0.5) is 0 Å². The lowest BCUT2D eigenvalue weighted by molar-refractivity contribution is 0.220. The standard InChI is InChI=1S/C18H32N2/c1-15(2)19-12-11-16-9-7-8-10-17(16)13-20(6)14-18(3,4)5/h7-10,15,19H,11-14H2,1-6H3. The van der Waals surface area contributed by atoms with Gasteiger partial charge in [0.1, 0.15) is 0 Å². The Morgan fingerprint density at radius 3 is 2.25 bits per heavy atom. The zero-order valence-electron chi connectivity index (χ0n) is 14.2. The molecule has 0 aliphatic carbocycles. The molecule has 0 spiro atoms. The van der Waals surface area contributed by atoms with Crippen molar-refractivity contribution in [1.29, 1.82) is 0 Å². The van der Waals surface area contributed by atoms with Crippen LogP contribution in [0.1, 0.15) is 45.7 Å². The number of rotatable bonds is 7. The van der Waals surface area contributed by atoms with Gasteiger partial charge in [-0.25, -0.2) is 0 Å². The molecule has 1 aromatic carbocycles. The maximum atomic E-state index is 3.50. The molecule has 2 heteroatoms. The molecule has 1 aromatic rings. The number of nitrogens with zero attached hydrogens (tertiary/aromatic N) is 1. The monoisotopic (exact) mass is 276 g/mol. The number of hydrogen-bond donors (Lipinski definition) is 1. The van der Waals surface area contributed by atoms with E-state index in [1.54, 1.807) is 0 Å². The third kappa shape index (κ3) is 7.06. The summed E-state index contributed by atoms with van der Waals surface area (Å²) in [5, 5.41) is 3.50. The number of hydrogen-bond acceptors (Lipinski definition) is 2. The Labute approximate surface area is 125 Å². The Kier molecular flexibility index (Phi) is 6.70. The second-order valence-electron chi connectivity index (χ2n) is 7.36. The topological polar surface area (TPSA) is 15.3 Å².